The molecule has 17 heavy (non-hydrogen) atoms. The zero-order valence-electron chi connectivity index (χ0n) is 9.77. The quantitative estimate of drug-likeness (QED) is 0.885. The Kier molecular flexibility index (Phi) is 2.94. The van der Waals surface area contributed by atoms with E-state index in [1.165, 1.54) is 12.8 Å². The fourth-order valence-electron chi connectivity index (χ4n) is 1.76. The third kappa shape index (κ3) is 2.40. The van der Waals surface area contributed by atoms with Crippen LogP contribution in [0, 0.1) is 0 Å². The van der Waals surface area contributed by atoms with Crippen molar-refractivity contribution in [3.63, 3.8) is 0 Å². The van der Waals surface area contributed by atoms with Crippen LogP contribution in [-0.2, 0) is 13.0 Å². The second-order valence-corrected chi connectivity index (χ2v) is 5.33. The number of rotatable bonds is 5. The van der Waals surface area contributed by atoms with Gasteiger partial charge in [-0.25, -0.2) is 0 Å². The fraction of sp³-hybridized carbons (Fsp3) is 0.500. The lowest BCUT2D eigenvalue weighted by Gasteiger charge is -1.96. The van der Waals surface area contributed by atoms with Crippen molar-refractivity contribution in [2.24, 2.45) is 0 Å². The van der Waals surface area contributed by atoms with Crippen molar-refractivity contribution in [2.75, 3.05) is 0 Å². The van der Waals surface area contributed by atoms with E-state index in [9.17, 15) is 0 Å². The summed E-state index contributed by atoms with van der Waals surface area (Å²) in [6.45, 7) is 2.92. The molecule has 0 aliphatic heterocycles. The molecule has 0 unspecified atom stereocenters. The number of aromatic nitrogens is 2. The van der Waals surface area contributed by atoms with Gasteiger partial charge in [0.2, 0.25) is 0 Å². The van der Waals surface area contributed by atoms with E-state index in [-0.39, 0.29) is 0 Å². The van der Waals surface area contributed by atoms with Gasteiger partial charge < -0.3 is 9.73 Å². The van der Waals surface area contributed by atoms with Crippen LogP contribution < -0.4 is 5.32 Å². The largest absolute Gasteiger partial charge is 0.469 e. The average Bonchev–Trinajstić information content (AvgIpc) is 2.89. The molecule has 2 aromatic heterocycles. The molecule has 90 valence electrons. The SMILES string of the molecule is CCc1occc1-c1nnc(CNC2CC2)s1. The Bertz CT molecular complexity index is 501. The van der Waals surface area contributed by atoms with Crippen LogP contribution in [0.25, 0.3) is 10.6 Å². The van der Waals surface area contributed by atoms with Crippen LogP contribution in [0.15, 0.2) is 16.7 Å². The minimum atomic E-state index is 0.711. The molecule has 2 heterocycles. The van der Waals surface area contributed by atoms with Gasteiger partial charge in [-0.2, -0.15) is 0 Å². The van der Waals surface area contributed by atoms with Crippen LogP contribution in [0.4, 0.5) is 0 Å². The third-order valence-electron chi connectivity index (χ3n) is 2.88. The molecule has 1 N–H and O–H groups in total. The predicted octanol–water partition coefficient (Wildman–Crippen LogP) is 2.61. The number of hydrogen-bond donors (Lipinski definition) is 1. The summed E-state index contributed by atoms with van der Waals surface area (Å²) in [7, 11) is 0. The maximum absolute atomic E-state index is 5.41. The summed E-state index contributed by atoms with van der Waals surface area (Å²) in [4.78, 5) is 0. The van der Waals surface area contributed by atoms with Crippen LogP contribution in [-0.4, -0.2) is 16.2 Å². The normalized spacial score (nSPS) is 15.4. The summed E-state index contributed by atoms with van der Waals surface area (Å²) in [5, 5.41) is 13.9. The monoisotopic (exact) mass is 249 g/mol. The molecule has 0 radical (unpaired) electrons. The van der Waals surface area contributed by atoms with Crippen LogP contribution >= 0.6 is 11.3 Å². The molecule has 1 saturated carbocycles. The molecule has 0 amide bonds. The molecule has 0 bridgehead atoms. The molecule has 1 aliphatic rings. The van der Waals surface area contributed by atoms with Gasteiger partial charge in [-0.3, -0.25) is 0 Å². The van der Waals surface area contributed by atoms with Gasteiger partial charge in [-0.1, -0.05) is 18.3 Å². The second-order valence-electron chi connectivity index (χ2n) is 4.27. The Morgan fingerprint density at radius 3 is 3.12 bits per heavy atom. The Hall–Kier alpha value is -1.20. The van der Waals surface area contributed by atoms with Crippen molar-refractivity contribution in [1.29, 1.82) is 0 Å². The Balaban J connectivity index is 1.74. The van der Waals surface area contributed by atoms with Crippen molar-refractivity contribution in [2.45, 2.75) is 38.8 Å². The zero-order chi connectivity index (χ0) is 11.7. The first-order chi connectivity index (χ1) is 8.36. The molecular weight excluding hydrogens is 234 g/mol. The maximum Gasteiger partial charge on any atom is 0.151 e. The summed E-state index contributed by atoms with van der Waals surface area (Å²) >= 11 is 1.65. The van der Waals surface area contributed by atoms with Crippen molar-refractivity contribution < 1.29 is 4.42 Å². The van der Waals surface area contributed by atoms with Crippen LogP contribution in [0.3, 0.4) is 0 Å². The lowest BCUT2D eigenvalue weighted by atomic mass is 10.2. The molecule has 0 spiro atoms. The number of hydrogen-bond acceptors (Lipinski definition) is 5. The van der Waals surface area contributed by atoms with Crippen LogP contribution in [0.5, 0.6) is 0 Å². The van der Waals surface area contributed by atoms with Gasteiger partial charge in [0.1, 0.15) is 10.8 Å². The summed E-state index contributed by atoms with van der Waals surface area (Å²) in [5.41, 5.74) is 1.09. The number of nitrogens with zero attached hydrogens (tertiary/aromatic N) is 2. The molecule has 0 aromatic carbocycles. The van der Waals surface area contributed by atoms with Crippen molar-refractivity contribution >= 4 is 11.3 Å². The Morgan fingerprint density at radius 1 is 1.47 bits per heavy atom. The third-order valence-corrected chi connectivity index (χ3v) is 3.84. The number of aryl methyl sites for hydroxylation is 1. The lowest BCUT2D eigenvalue weighted by molar-refractivity contribution is 0.517. The van der Waals surface area contributed by atoms with Gasteiger partial charge in [0.05, 0.1) is 11.8 Å². The smallest absolute Gasteiger partial charge is 0.151 e. The molecule has 0 saturated heterocycles. The minimum Gasteiger partial charge on any atom is -0.469 e. The molecule has 1 aliphatic carbocycles. The highest BCUT2D eigenvalue weighted by molar-refractivity contribution is 7.14. The lowest BCUT2D eigenvalue weighted by Crippen LogP contribution is -2.14. The predicted molar refractivity (Wildman–Crippen MR) is 66.9 cm³/mol. The first kappa shape index (κ1) is 10.9. The molecule has 0 atom stereocenters. The van der Waals surface area contributed by atoms with Gasteiger partial charge in [0.25, 0.3) is 0 Å². The minimum absolute atomic E-state index is 0.711. The first-order valence-corrected chi connectivity index (χ1v) is 6.81. The summed E-state index contributed by atoms with van der Waals surface area (Å²) < 4.78 is 5.41. The summed E-state index contributed by atoms with van der Waals surface area (Å²) in [5.74, 6) is 0.989. The van der Waals surface area contributed by atoms with Crippen LogP contribution in [0.2, 0.25) is 0 Å². The molecule has 4 nitrogen and oxygen atoms in total. The van der Waals surface area contributed by atoms with E-state index < -0.39 is 0 Å². The van der Waals surface area contributed by atoms with E-state index in [1.54, 1.807) is 17.6 Å². The van der Waals surface area contributed by atoms with Crippen molar-refractivity contribution in [1.82, 2.24) is 15.5 Å². The number of furan rings is 1. The molecule has 5 heteroatoms. The zero-order valence-corrected chi connectivity index (χ0v) is 10.6. The van der Waals surface area contributed by atoms with E-state index in [1.807, 2.05) is 6.07 Å². The first-order valence-electron chi connectivity index (χ1n) is 5.99. The van der Waals surface area contributed by atoms with Gasteiger partial charge in [0.15, 0.2) is 5.01 Å². The highest BCUT2D eigenvalue weighted by atomic mass is 32.1. The number of nitrogens with one attached hydrogen (secondary N) is 1. The van der Waals surface area contributed by atoms with E-state index in [4.69, 9.17) is 4.42 Å². The maximum atomic E-state index is 5.41. The summed E-state index contributed by atoms with van der Waals surface area (Å²) in [6.07, 6.45) is 5.20. The fourth-order valence-corrected chi connectivity index (χ4v) is 2.59. The van der Waals surface area contributed by atoms with Gasteiger partial charge >= 0.3 is 0 Å². The van der Waals surface area contributed by atoms with Crippen molar-refractivity contribution in [3.8, 4) is 10.6 Å². The van der Waals surface area contributed by atoms with E-state index in [0.717, 1.165) is 34.3 Å². The second kappa shape index (κ2) is 4.58. The molecule has 2 aromatic rings. The van der Waals surface area contributed by atoms with E-state index >= 15 is 0 Å². The Morgan fingerprint density at radius 2 is 2.35 bits per heavy atom. The van der Waals surface area contributed by atoms with Gasteiger partial charge in [-0.05, 0) is 18.9 Å². The topological polar surface area (TPSA) is 51.0 Å². The molecular formula is C12H15N3OS. The van der Waals surface area contributed by atoms with Gasteiger partial charge in [0, 0.05) is 19.0 Å². The van der Waals surface area contributed by atoms with Gasteiger partial charge in [-0.15, -0.1) is 10.2 Å². The van der Waals surface area contributed by atoms with Crippen LogP contribution in [0.1, 0.15) is 30.5 Å². The van der Waals surface area contributed by atoms with Crippen molar-refractivity contribution in [3.05, 3.63) is 23.1 Å². The van der Waals surface area contributed by atoms with E-state index in [2.05, 4.69) is 22.4 Å². The van der Waals surface area contributed by atoms with E-state index in [0.29, 0.717) is 6.04 Å². The summed E-state index contributed by atoms with van der Waals surface area (Å²) in [6, 6.07) is 2.68. The Labute approximate surface area is 104 Å². The highest BCUT2D eigenvalue weighted by Crippen LogP contribution is 2.28. The average molecular weight is 249 g/mol. The highest BCUT2D eigenvalue weighted by Gasteiger charge is 2.21. The molecule has 1 fully saturated rings. The molecule has 3 rings (SSSR count). The standard InChI is InChI=1S/C12H15N3OS/c1-2-10-9(5-6-16-10)12-15-14-11(17-12)7-13-8-3-4-8/h5-6,8,13H,2-4,7H2,1H3.